The number of carbonyl (C=O) groups excluding carboxylic acids is 1. The van der Waals surface area contributed by atoms with E-state index in [1.54, 1.807) is 18.2 Å². The molecule has 0 fully saturated rings. The minimum atomic E-state index is -0.192. The summed E-state index contributed by atoms with van der Waals surface area (Å²) in [5, 5.41) is 11.4. The third kappa shape index (κ3) is 4.90. The van der Waals surface area contributed by atoms with Crippen molar-refractivity contribution in [3.05, 3.63) is 70.2 Å². The lowest BCUT2D eigenvalue weighted by molar-refractivity contribution is -0.111. The summed E-state index contributed by atoms with van der Waals surface area (Å²) in [6.45, 7) is 0. The van der Waals surface area contributed by atoms with Gasteiger partial charge in [-0.3, -0.25) is 4.79 Å². The van der Waals surface area contributed by atoms with Crippen molar-refractivity contribution < 1.29 is 4.79 Å². The number of hydrogen-bond acceptors (Lipinski definition) is 2. The van der Waals surface area contributed by atoms with Gasteiger partial charge >= 0.3 is 0 Å². The van der Waals surface area contributed by atoms with E-state index in [1.807, 2.05) is 36.4 Å². The van der Waals surface area contributed by atoms with Crippen molar-refractivity contribution in [1.82, 2.24) is 0 Å². The molecule has 0 saturated carbocycles. The molecule has 0 radical (unpaired) electrons. The van der Waals surface area contributed by atoms with Gasteiger partial charge in [-0.2, -0.15) is 5.26 Å². The minimum Gasteiger partial charge on any atom is -0.323 e. The summed E-state index contributed by atoms with van der Waals surface area (Å²) in [5.74, 6) is -0.192. The molecule has 104 valence electrons. The van der Waals surface area contributed by atoms with Crippen LogP contribution in [0.25, 0.3) is 6.08 Å². The van der Waals surface area contributed by atoms with Crippen molar-refractivity contribution in [3.63, 3.8) is 0 Å². The minimum absolute atomic E-state index is 0.192. The summed E-state index contributed by atoms with van der Waals surface area (Å²) in [7, 11) is 0. The molecule has 1 amide bonds. The third-order valence-corrected chi connectivity index (χ3v) is 3.27. The maximum absolute atomic E-state index is 11.8. The van der Waals surface area contributed by atoms with Crippen LogP contribution in [0.4, 0.5) is 5.69 Å². The van der Waals surface area contributed by atoms with Crippen LogP contribution in [0.15, 0.2) is 59.1 Å². The average molecular weight is 341 g/mol. The van der Waals surface area contributed by atoms with E-state index in [4.69, 9.17) is 5.26 Å². The van der Waals surface area contributed by atoms with Gasteiger partial charge in [0.1, 0.15) is 0 Å². The standard InChI is InChI=1S/C17H13BrN2O/c18-15-3-1-2-14(12-15)6-9-17(21)20-16-7-4-13(5-8-16)10-11-19/h1-9,12H,10H2,(H,20,21)/b9-6+. The molecule has 1 N–H and O–H groups in total. The van der Waals surface area contributed by atoms with E-state index in [2.05, 4.69) is 27.3 Å². The average Bonchev–Trinajstić information content (AvgIpc) is 2.48. The molecule has 0 spiro atoms. The van der Waals surface area contributed by atoms with E-state index in [9.17, 15) is 4.79 Å². The Bertz CT molecular complexity index is 699. The summed E-state index contributed by atoms with van der Waals surface area (Å²) in [4.78, 5) is 11.8. The van der Waals surface area contributed by atoms with Crippen LogP contribution in [0, 0.1) is 11.3 Å². The molecule has 0 atom stereocenters. The number of halogens is 1. The van der Waals surface area contributed by atoms with Gasteiger partial charge in [-0.25, -0.2) is 0 Å². The van der Waals surface area contributed by atoms with Crippen LogP contribution in [0.3, 0.4) is 0 Å². The molecular weight excluding hydrogens is 328 g/mol. The van der Waals surface area contributed by atoms with E-state index in [0.717, 1.165) is 15.6 Å². The van der Waals surface area contributed by atoms with E-state index in [1.165, 1.54) is 6.08 Å². The first-order valence-electron chi connectivity index (χ1n) is 6.38. The van der Waals surface area contributed by atoms with Crippen LogP contribution in [0.1, 0.15) is 11.1 Å². The predicted molar refractivity (Wildman–Crippen MR) is 87.6 cm³/mol. The molecule has 0 aliphatic carbocycles. The second-order valence-corrected chi connectivity index (χ2v) is 5.33. The van der Waals surface area contributed by atoms with Gasteiger partial charge in [-0.1, -0.05) is 40.2 Å². The maximum atomic E-state index is 11.8. The number of rotatable bonds is 4. The normalized spacial score (nSPS) is 10.3. The van der Waals surface area contributed by atoms with Crippen molar-refractivity contribution in [2.45, 2.75) is 6.42 Å². The van der Waals surface area contributed by atoms with Gasteiger partial charge in [0.15, 0.2) is 0 Å². The first-order valence-corrected chi connectivity index (χ1v) is 7.17. The van der Waals surface area contributed by atoms with Crippen LogP contribution < -0.4 is 5.32 Å². The second-order valence-electron chi connectivity index (χ2n) is 4.41. The molecule has 0 bridgehead atoms. The highest BCUT2D eigenvalue weighted by Gasteiger charge is 1.98. The van der Waals surface area contributed by atoms with Gasteiger partial charge < -0.3 is 5.32 Å². The topological polar surface area (TPSA) is 52.9 Å². The fourth-order valence-corrected chi connectivity index (χ4v) is 2.18. The Balaban J connectivity index is 1.97. The van der Waals surface area contributed by atoms with E-state index in [0.29, 0.717) is 12.1 Å². The number of nitrogens with zero attached hydrogens (tertiary/aromatic N) is 1. The first kappa shape index (κ1) is 15.0. The predicted octanol–water partition coefficient (Wildman–Crippen LogP) is 4.17. The van der Waals surface area contributed by atoms with Gasteiger partial charge in [-0.05, 0) is 41.5 Å². The molecule has 0 saturated heterocycles. The van der Waals surface area contributed by atoms with Gasteiger partial charge in [0, 0.05) is 16.2 Å². The molecule has 2 aromatic rings. The van der Waals surface area contributed by atoms with Crippen molar-refractivity contribution in [2.75, 3.05) is 5.32 Å². The zero-order chi connectivity index (χ0) is 15.1. The van der Waals surface area contributed by atoms with Crippen molar-refractivity contribution in [1.29, 1.82) is 5.26 Å². The Morgan fingerprint density at radius 3 is 2.67 bits per heavy atom. The van der Waals surface area contributed by atoms with E-state index in [-0.39, 0.29) is 5.91 Å². The molecule has 0 aromatic heterocycles. The van der Waals surface area contributed by atoms with Crippen molar-refractivity contribution in [3.8, 4) is 6.07 Å². The van der Waals surface area contributed by atoms with Crippen molar-refractivity contribution in [2.24, 2.45) is 0 Å². The Morgan fingerprint density at radius 2 is 2.00 bits per heavy atom. The number of carbonyl (C=O) groups is 1. The summed E-state index contributed by atoms with van der Waals surface area (Å²) in [5.41, 5.74) is 2.59. The van der Waals surface area contributed by atoms with Crippen molar-refractivity contribution >= 4 is 33.6 Å². The molecule has 0 heterocycles. The smallest absolute Gasteiger partial charge is 0.248 e. The Kier molecular flexibility index (Phi) is 5.30. The monoisotopic (exact) mass is 340 g/mol. The summed E-state index contributed by atoms with van der Waals surface area (Å²) < 4.78 is 0.970. The van der Waals surface area contributed by atoms with Crippen LogP contribution >= 0.6 is 15.9 Å². The van der Waals surface area contributed by atoms with E-state index >= 15 is 0 Å². The molecular formula is C17H13BrN2O. The van der Waals surface area contributed by atoms with Crippen LogP contribution in [-0.2, 0) is 11.2 Å². The van der Waals surface area contributed by atoms with Crippen LogP contribution in [-0.4, -0.2) is 5.91 Å². The highest BCUT2D eigenvalue weighted by molar-refractivity contribution is 9.10. The number of amides is 1. The van der Waals surface area contributed by atoms with Crippen LogP contribution in [0.5, 0.6) is 0 Å². The quantitative estimate of drug-likeness (QED) is 0.849. The van der Waals surface area contributed by atoms with E-state index < -0.39 is 0 Å². The van der Waals surface area contributed by atoms with Gasteiger partial charge in [0.2, 0.25) is 5.91 Å². The Labute approximate surface area is 132 Å². The summed E-state index contributed by atoms with van der Waals surface area (Å²) >= 11 is 3.39. The lowest BCUT2D eigenvalue weighted by atomic mass is 10.1. The first-order chi connectivity index (χ1) is 10.2. The Hall–Kier alpha value is -2.38. The molecule has 0 aliphatic heterocycles. The highest BCUT2D eigenvalue weighted by Crippen LogP contribution is 2.13. The molecule has 2 rings (SSSR count). The zero-order valence-electron chi connectivity index (χ0n) is 11.2. The fourth-order valence-electron chi connectivity index (χ4n) is 1.76. The molecule has 0 unspecified atom stereocenters. The zero-order valence-corrected chi connectivity index (χ0v) is 12.8. The SMILES string of the molecule is N#CCc1ccc(NC(=O)/C=C/c2cccc(Br)c2)cc1. The third-order valence-electron chi connectivity index (χ3n) is 2.78. The summed E-state index contributed by atoms with van der Waals surface area (Å²) in [6, 6.07) is 17.0. The Morgan fingerprint density at radius 1 is 1.24 bits per heavy atom. The van der Waals surface area contributed by atoms with Gasteiger partial charge in [0.25, 0.3) is 0 Å². The lowest BCUT2D eigenvalue weighted by Crippen LogP contribution is -2.07. The molecule has 2 aromatic carbocycles. The fraction of sp³-hybridized carbons (Fsp3) is 0.0588. The molecule has 3 nitrogen and oxygen atoms in total. The molecule has 21 heavy (non-hydrogen) atoms. The molecule has 4 heteroatoms. The highest BCUT2D eigenvalue weighted by atomic mass is 79.9. The second kappa shape index (κ2) is 7.41. The lowest BCUT2D eigenvalue weighted by Gasteiger charge is -2.02. The number of anilines is 1. The number of nitrogens with one attached hydrogen (secondary N) is 1. The number of nitriles is 1. The number of benzene rings is 2. The molecule has 0 aliphatic rings. The maximum Gasteiger partial charge on any atom is 0.248 e. The van der Waals surface area contributed by atoms with Crippen LogP contribution in [0.2, 0.25) is 0 Å². The van der Waals surface area contributed by atoms with Gasteiger partial charge in [0.05, 0.1) is 12.5 Å². The largest absolute Gasteiger partial charge is 0.323 e. The number of hydrogen-bond donors (Lipinski definition) is 1. The van der Waals surface area contributed by atoms with Gasteiger partial charge in [-0.15, -0.1) is 0 Å². The summed E-state index contributed by atoms with van der Waals surface area (Å²) in [6.07, 6.45) is 3.62.